The molecule has 1 saturated carbocycles. The van der Waals surface area contributed by atoms with Crippen LogP contribution in [-0.2, 0) is 4.79 Å². The summed E-state index contributed by atoms with van der Waals surface area (Å²) in [6.07, 6.45) is 6.63. The van der Waals surface area contributed by atoms with Crippen molar-refractivity contribution in [2.75, 3.05) is 0 Å². The summed E-state index contributed by atoms with van der Waals surface area (Å²) in [5.74, 6) is 0.121. The highest BCUT2D eigenvalue weighted by Crippen LogP contribution is 2.31. The van der Waals surface area contributed by atoms with E-state index in [0.717, 1.165) is 24.2 Å². The normalized spacial score (nSPS) is 15.3. The van der Waals surface area contributed by atoms with Crippen molar-refractivity contribution in [1.82, 2.24) is 14.7 Å². The highest BCUT2D eigenvalue weighted by atomic mass is 16.1. The van der Waals surface area contributed by atoms with Gasteiger partial charge in [-0.25, -0.2) is 4.98 Å². The first-order valence-electron chi connectivity index (χ1n) is 8.90. The summed E-state index contributed by atoms with van der Waals surface area (Å²) in [7, 11) is 0. The molecule has 1 fully saturated rings. The predicted octanol–water partition coefficient (Wildman–Crippen LogP) is 3.75. The fourth-order valence-corrected chi connectivity index (χ4v) is 3.41. The number of amides is 1. The van der Waals surface area contributed by atoms with Crippen LogP contribution >= 0.6 is 0 Å². The molecule has 4 rings (SSSR count). The minimum absolute atomic E-state index is 0.00217. The SMILES string of the molecule is Cc1ccn2c(C(CC(=O)NC3CC3)c3ccccc3C)cnc2c1. The minimum Gasteiger partial charge on any atom is -0.353 e. The zero-order valence-electron chi connectivity index (χ0n) is 14.7. The van der Waals surface area contributed by atoms with E-state index in [4.69, 9.17) is 0 Å². The smallest absolute Gasteiger partial charge is 0.221 e. The van der Waals surface area contributed by atoms with Gasteiger partial charge in [0.25, 0.3) is 0 Å². The van der Waals surface area contributed by atoms with Crippen molar-refractivity contribution in [3.8, 4) is 0 Å². The van der Waals surface area contributed by atoms with Crippen LogP contribution in [-0.4, -0.2) is 21.3 Å². The molecule has 0 bridgehead atoms. The second kappa shape index (κ2) is 6.36. The zero-order chi connectivity index (χ0) is 17.4. The number of aryl methyl sites for hydroxylation is 2. The number of hydrogen-bond donors (Lipinski definition) is 1. The number of rotatable bonds is 5. The molecule has 1 aromatic carbocycles. The molecule has 3 aromatic rings. The first kappa shape index (κ1) is 15.9. The van der Waals surface area contributed by atoms with Gasteiger partial charge in [-0.1, -0.05) is 24.3 Å². The summed E-state index contributed by atoms with van der Waals surface area (Å²) < 4.78 is 2.11. The molecule has 0 aliphatic heterocycles. The Labute approximate surface area is 147 Å². The largest absolute Gasteiger partial charge is 0.353 e. The van der Waals surface area contributed by atoms with Crippen molar-refractivity contribution in [1.29, 1.82) is 0 Å². The lowest BCUT2D eigenvalue weighted by atomic mass is 9.89. The molecule has 0 radical (unpaired) electrons. The summed E-state index contributed by atoms with van der Waals surface area (Å²) in [6.45, 7) is 4.17. The number of aromatic nitrogens is 2. The number of fused-ring (bicyclic) bond motifs is 1. The topological polar surface area (TPSA) is 46.4 Å². The molecular weight excluding hydrogens is 310 g/mol. The van der Waals surface area contributed by atoms with Gasteiger partial charge in [-0.3, -0.25) is 4.79 Å². The van der Waals surface area contributed by atoms with Crippen LogP contribution in [0.1, 0.15) is 47.6 Å². The highest BCUT2D eigenvalue weighted by Gasteiger charge is 2.27. The van der Waals surface area contributed by atoms with E-state index < -0.39 is 0 Å². The molecule has 1 N–H and O–H groups in total. The summed E-state index contributed by atoms with van der Waals surface area (Å²) in [5.41, 5.74) is 5.57. The summed E-state index contributed by atoms with van der Waals surface area (Å²) in [6, 6.07) is 12.8. The van der Waals surface area contributed by atoms with E-state index >= 15 is 0 Å². The average Bonchev–Trinajstić information content (AvgIpc) is 3.30. The first-order valence-corrected chi connectivity index (χ1v) is 8.90. The van der Waals surface area contributed by atoms with Gasteiger partial charge in [0.05, 0.1) is 5.69 Å². The number of benzene rings is 1. The van der Waals surface area contributed by atoms with Crippen LogP contribution in [0, 0.1) is 13.8 Å². The molecule has 2 aromatic heterocycles. The molecule has 2 heterocycles. The molecule has 0 saturated heterocycles. The van der Waals surface area contributed by atoms with E-state index in [2.05, 4.69) is 59.0 Å². The number of nitrogens with zero attached hydrogens (tertiary/aromatic N) is 2. The van der Waals surface area contributed by atoms with Crippen molar-refractivity contribution in [3.63, 3.8) is 0 Å². The summed E-state index contributed by atoms with van der Waals surface area (Å²) >= 11 is 0. The highest BCUT2D eigenvalue weighted by molar-refractivity contribution is 5.78. The second-order valence-corrected chi connectivity index (χ2v) is 7.07. The van der Waals surface area contributed by atoms with E-state index in [9.17, 15) is 4.79 Å². The Balaban J connectivity index is 1.75. The number of imidazole rings is 1. The second-order valence-electron chi connectivity index (χ2n) is 7.07. The number of pyridine rings is 1. The molecule has 1 atom stereocenters. The lowest BCUT2D eigenvalue weighted by Gasteiger charge is -2.19. The monoisotopic (exact) mass is 333 g/mol. The number of carbonyl (C=O) groups is 1. The number of nitrogens with one attached hydrogen (secondary N) is 1. The van der Waals surface area contributed by atoms with Gasteiger partial charge >= 0.3 is 0 Å². The van der Waals surface area contributed by atoms with Crippen LogP contribution in [0.15, 0.2) is 48.8 Å². The van der Waals surface area contributed by atoms with Gasteiger partial charge in [0.2, 0.25) is 5.91 Å². The van der Waals surface area contributed by atoms with Gasteiger partial charge in [-0.05, 0) is 55.5 Å². The maximum Gasteiger partial charge on any atom is 0.221 e. The standard InChI is InChI=1S/C21H23N3O/c1-14-9-10-24-19(13-22-20(24)11-14)18(12-21(25)23-16-7-8-16)17-6-4-3-5-15(17)2/h3-6,9-11,13,16,18H,7-8,12H2,1-2H3,(H,23,25). The lowest BCUT2D eigenvalue weighted by molar-refractivity contribution is -0.121. The molecule has 1 aliphatic rings. The Morgan fingerprint density at radius 1 is 1.28 bits per heavy atom. The molecule has 4 nitrogen and oxygen atoms in total. The Bertz CT molecular complexity index is 924. The van der Waals surface area contributed by atoms with Crippen molar-refractivity contribution < 1.29 is 4.79 Å². The molecule has 128 valence electrons. The number of hydrogen-bond acceptors (Lipinski definition) is 2. The van der Waals surface area contributed by atoms with Crippen LogP contribution in [0.4, 0.5) is 0 Å². The van der Waals surface area contributed by atoms with Crippen LogP contribution in [0.25, 0.3) is 5.65 Å². The van der Waals surface area contributed by atoms with E-state index in [1.807, 2.05) is 18.3 Å². The van der Waals surface area contributed by atoms with Gasteiger partial charge in [0.15, 0.2) is 0 Å². The lowest BCUT2D eigenvalue weighted by Crippen LogP contribution is -2.27. The average molecular weight is 333 g/mol. The molecular formula is C21H23N3O. The summed E-state index contributed by atoms with van der Waals surface area (Å²) in [5, 5.41) is 3.12. The van der Waals surface area contributed by atoms with Crippen LogP contribution in [0.3, 0.4) is 0 Å². The molecule has 25 heavy (non-hydrogen) atoms. The molecule has 0 spiro atoms. The predicted molar refractivity (Wildman–Crippen MR) is 98.7 cm³/mol. The fraction of sp³-hybridized carbons (Fsp3) is 0.333. The Hall–Kier alpha value is -2.62. The van der Waals surface area contributed by atoms with Crippen LogP contribution in [0.2, 0.25) is 0 Å². The van der Waals surface area contributed by atoms with Crippen LogP contribution < -0.4 is 5.32 Å². The van der Waals surface area contributed by atoms with Crippen molar-refractivity contribution in [2.24, 2.45) is 0 Å². The first-order chi connectivity index (χ1) is 12.1. The quantitative estimate of drug-likeness (QED) is 0.773. The molecule has 1 amide bonds. The maximum atomic E-state index is 12.5. The van der Waals surface area contributed by atoms with Crippen molar-refractivity contribution in [3.05, 3.63) is 71.2 Å². The van der Waals surface area contributed by atoms with Crippen molar-refractivity contribution in [2.45, 2.75) is 45.1 Å². The van der Waals surface area contributed by atoms with E-state index in [-0.39, 0.29) is 11.8 Å². The molecule has 1 unspecified atom stereocenters. The third kappa shape index (κ3) is 3.29. The van der Waals surface area contributed by atoms with Gasteiger partial charge in [-0.15, -0.1) is 0 Å². The van der Waals surface area contributed by atoms with Gasteiger partial charge in [0.1, 0.15) is 5.65 Å². The minimum atomic E-state index is -0.00217. The molecule has 4 heteroatoms. The zero-order valence-corrected chi connectivity index (χ0v) is 14.7. The van der Waals surface area contributed by atoms with Gasteiger partial charge in [-0.2, -0.15) is 0 Å². The summed E-state index contributed by atoms with van der Waals surface area (Å²) in [4.78, 5) is 17.1. The Morgan fingerprint density at radius 2 is 2.08 bits per heavy atom. The van der Waals surface area contributed by atoms with Crippen LogP contribution in [0.5, 0.6) is 0 Å². The van der Waals surface area contributed by atoms with Gasteiger partial charge in [0, 0.05) is 30.8 Å². The van der Waals surface area contributed by atoms with E-state index in [0.29, 0.717) is 12.5 Å². The number of carbonyl (C=O) groups excluding carboxylic acids is 1. The van der Waals surface area contributed by atoms with E-state index in [1.54, 1.807) is 0 Å². The fourth-order valence-electron chi connectivity index (χ4n) is 3.41. The van der Waals surface area contributed by atoms with E-state index in [1.165, 1.54) is 16.7 Å². The third-order valence-corrected chi connectivity index (χ3v) is 4.95. The molecule has 1 aliphatic carbocycles. The Kier molecular flexibility index (Phi) is 4.04. The van der Waals surface area contributed by atoms with Crippen molar-refractivity contribution >= 4 is 11.6 Å². The third-order valence-electron chi connectivity index (χ3n) is 4.95. The Morgan fingerprint density at radius 3 is 2.84 bits per heavy atom. The van der Waals surface area contributed by atoms with Gasteiger partial charge < -0.3 is 9.72 Å². The maximum absolute atomic E-state index is 12.5.